The second-order valence-corrected chi connectivity index (χ2v) is 6.67. The van der Waals surface area contributed by atoms with Gasteiger partial charge in [-0.25, -0.2) is 0 Å². The minimum Gasteiger partial charge on any atom is -0.353 e. The molecule has 3 atom stereocenters. The van der Waals surface area contributed by atoms with Gasteiger partial charge in [-0.15, -0.1) is 0 Å². The topological polar surface area (TPSA) is 55.1 Å². The van der Waals surface area contributed by atoms with Gasteiger partial charge >= 0.3 is 0 Å². The van der Waals surface area contributed by atoms with Crippen LogP contribution in [0.1, 0.15) is 72.6 Å². The molecule has 0 aromatic carbocycles. The van der Waals surface area contributed by atoms with Crippen LogP contribution in [0.4, 0.5) is 0 Å². The highest BCUT2D eigenvalue weighted by molar-refractivity contribution is 5.83. The Balaban J connectivity index is 2.71. The van der Waals surface area contributed by atoms with Gasteiger partial charge in [-0.3, -0.25) is 4.79 Å². The van der Waals surface area contributed by atoms with E-state index in [9.17, 15) is 4.79 Å². The summed E-state index contributed by atoms with van der Waals surface area (Å²) in [7, 11) is 0. The quantitative estimate of drug-likeness (QED) is 0.716. The fourth-order valence-corrected chi connectivity index (χ4v) is 3.95. The summed E-state index contributed by atoms with van der Waals surface area (Å²) >= 11 is 0. The average molecular weight is 282 g/mol. The van der Waals surface area contributed by atoms with E-state index in [4.69, 9.17) is 5.73 Å². The standard InChI is InChI=1S/C17H34N2O/c1-5-10-17(12-18,11-6-2)16(20)19-15-9-8-14(7-3)13(15)4/h13-15H,5-12,18H2,1-4H3,(H,19,20). The summed E-state index contributed by atoms with van der Waals surface area (Å²) in [5.74, 6) is 1.57. The molecular weight excluding hydrogens is 248 g/mol. The molecule has 0 radical (unpaired) electrons. The van der Waals surface area contributed by atoms with E-state index in [1.807, 2.05) is 0 Å². The van der Waals surface area contributed by atoms with Crippen LogP contribution in [0.3, 0.4) is 0 Å². The molecule has 1 saturated carbocycles. The minimum atomic E-state index is -0.340. The van der Waals surface area contributed by atoms with Crippen molar-refractivity contribution >= 4 is 5.91 Å². The second-order valence-electron chi connectivity index (χ2n) is 6.67. The van der Waals surface area contributed by atoms with Gasteiger partial charge in [0.05, 0.1) is 5.41 Å². The van der Waals surface area contributed by atoms with E-state index in [1.54, 1.807) is 0 Å². The van der Waals surface area contributed by atoms with E-state index in [0.29, 0.717) is 18.5 Å². The Bertz CT molecular complexity index is 297. The highest BCUT2D eigenvalue weighted by Gasteiger charge is 2.39. The Morgan fingerprint density at radius 2 is 1.80 bits per heavy atom. The van der Waals surface area contributed by atoms with Crippen LogP contribution in [-0.4, -0.2) is 18.5 Å². The van der Waals surface area contributed by atoms with E-state index in [2.05, 4.69) is 33.0 Å². The Hall–Kier alpha value is -0.570. The number of nitrogens with two attached hydrogens (primary N) is 1. The number of hydrogen-bond donors (Lipinski definition) is 2. The fourth-order valence-electron chi connectivity index (χ4n) is 3.95. The van der Waals surface area contributed by atoms with Gasteiger partial charge in [0.2, 0.25) is 5.91 Å². The lowest BCUT2D eigenvalue weighted by molar-refractivity contribution is -0.132. The number of nitrogens with one attached hydrogen (secondary N) is 1. The summed E-state index contributed by atoms with van der Waals surface area (Å²) in [6, 6.07) is 0.354. The molecule has 3 N–H and O–H groups in total. The third-order valence-corrected chi connectivity index (χ3v) is 5.40. The third-order valence-electron chi connectivity index (χ3n) is 5.40. The lowest BCUT2D eigenvalue weighted by Gasteiger charge is -2.33. The molecule has 3 nitrogen and oxygen atoms in total. The van der Waals surface area contributed by atoms with Crippen molar-refractivity contribution in [3.8, 4) is 0 Å². The molecule has 0 aliphatic heterocycles. The smallest absolute Gasteiger partial charge is 0.227 e. The van der Waals surface area contributed by atoms with Gasteiger partial charge in [0, 0.05) is 12.6 Å². The summed E-state index contributed by atoms with van der Waals surface area (Å²) in [4.78, 5) is 12.8. The summed E-state index contributed by atoms with van der Waals surface area (Å²) in [5, 5.41) is 3.34. The van der Waals surface area contributed by atoms with Crippen molar-refractivity contribution in [1.29, 1.82) is 0 Å². The van der Waals surface area contributed by atoms with Crippen LogP contribution in [0, 0.1) is 17.3 Å². The van der Waals surface area contributed by atoms with Gasteiger partial charge in [0.15, 0.2) is 0 Å². The Kier molecular flexibility index (Phi) is 7.01. The molecule has 0 spiro atoms. The van der Waals surface area contributed by atoms with Gasteiger partial charge in [-0.05, 0) is 37.5 Å². The molecule has 1 rings (SSSR count). The van der Waals surface area contributed by atoms with Crippen LogP contribution >= 0.6 is 0 Å². The summed E-state index contributed by atoms with van der Waals surface area (Å²) in [6.45, 7) is 9.29. The highest BCUT2D eigenvalue weighted by atomic mass is 16.2. The van der Waals surface area contributed by atoms with Gasteiger partial charge < -0.3 is 11.1 Å². The van der Waals surface area contributed by atoms with Crippen LogP contribution < -0.4 is 11.1 Å². The van der Waals surface area contributed by atoms with E-state index in [0.717, 1.165) is 38.0 Å². The third kappa shape index (κ3) is 3.75. The molecule has 118 valence electrons. The largest absolute Gasteiger partial charge is 0.353 e. The van der Waals surface area contributed by atoms with Gasteiger partial charge in [-0.2, -0.15) is 0 Å². The van der Waals surface area contributed by atoms with Crippen molar-refractivity contribution in [1.82, 2.24) is 5.32 Å². The van der Waals surface area contributed by atoms with Crippen molar-refractivity contribution in [3.63, 3.8) is 0 Å². The van der Waals surface area contributed by atoms with E-state index >= 15 is 0 Å². The Labute approximate surface area is 125 Å². The van der Waals surface area contributed by atoms with Crippen molar-refractivity contribution in [2.45, 2.75) is 78.7 Å². The van der Waals surface area contributed by atoms with Crippen molar-refractivity contribution in [3.05, 3.63) is 0 Å². The monoisotopic (exact) mass is 282 g/mol. The first-order valence-corrected chi connectivity index (χ1v) is 8.55. The fraction of sp³-hybridized carbons (Fsp3) is 0.941. The van der Waals surface area contributed by atoms with Crippen molar-refractivity contribution < 1.29 is 4.79 Å². The molecule has 1 aliphatic carbocycles. The summed E-state index contributed by atoms with van der Waals surface area (Å²) in [6.07, 6.45) is 7.44. The maximum atomic E-state index is 12.8. The van der Waals surface area contributed by atoms with Crippen molar-refractivity contribution in [2.75, 3.05) is 6.54 Å². The molecule has 20 heavy (non-hydrogen) atoms. The zero-order chi connectivity index (χ0) is 15.2. The summed E-state index contributed by atoms with van der Waals surface area (Å²) < 4.78 is 0. The lowest BCUT2D eigenvalue weighted by Crippen LogP contribution is -2.50. The predicted octanol–water partition coefficient (Wildman–Crippen LogP) is 3.47. The lowest BCUT2D eigenvalue weighted by atomic mass is 9.78. The Morgan fingerprint density at radius 1 is 1.20 bits per heavy atom. The second kappa shape index (κ2) is 8.02. The number of carbonyl (C=O) groups is 1. The normalized spacial score (nSPS) is 26.8. The number of carbonyl (C=O) groups excluding carboxylic acids is 1. The molecule has 0 heterocycles. The molecule has 0 aromatic rings. The van der Waals surface area contributed by atoms with Crippen LogP contribution in [0.15, 0.2) is 0 Å². The average Bonchev–Trinajstić information content (AvgIpc) is 2.79. The highest BCUT2D eigenvalue weighted by Crippen LogP contribution is 2.35. The van der Waals surface area contributed by atoms with Crippen LogP contribution in [0.5, 0.6) is 0 Å². The first-order valence-electron chi connectivity index (χ1n) is 8.55. The molecule has 3 unspecified atom stereocenters. The predicted molar refractivity (Wildman–Crippen MR) is 85.4 cm³/mol. The van der Waals surface area contributed by atoms with E-state index in [1.165, 1.54) is 12.8 Å². The molecule has 3 heteroatoms. The van der Waals surface area contributed by atoms with Crippen LogP contribution in [-0.2, 0) is 4.79 Å². The molecule has 1 amide bonds. The zero-order valence-corrected chi connectivity index (χ0v) is 13.9. The maximum Gasteiger partial charge on any atom is 0.227 e. The minimum absolute atomic E-state index is 0.206. The van der Waals surface area contributed by atoms with Crippen molar-refractivity contribution in [2.24, 2.45) is 23.0 Å². The summed E-state index contributed by atoms with van der Waals surface area (Å²) in [5.41, 5.74) is 5.64. The molecule has 0 aromatic heterocycles. The van der Waals surface area contributed by atoms with E-state index < -0.39 is 0 Å². The first-order chi connectivity index (χ1) is 9.54. The van der Waals surface area contributed by atoms with E-state index in [-0.39, 0.29) is 11.3 Å². The molecule has 0 bridgehead atoms. The van der Waals surface area contributed by atoms with Gasteiger partial charge in [0.25, 0.3) is 0 Å². The number of hydrogen-bond acceptors (Lipinski definition) is 2. The van der Waals surface area contributed by atoms with Gasteiger partial charge in [0.1, 0.15) is 0 Å². The zero-order valence-electron chi connectivity index (χ0n) is 13.9. The SMILES string of the molecule is CCCC(CN)(CCC)C(=O)NC1CCC(CC)C1C. The Morgan fingerprint density at radius 3 is 2.20 bits per heavy atom. The molecule has 0 saturated heterocycles. The molecule has 1 fully saturated rings. The number of amides is 1. The maximum absolute atomic E-state index is 12.8. The molecule has 1 aliphatic rings. The van der Waals surface area contributed by atoms with Crippen LogP contribution in [0.2, 0.25) is 0 Å². The molecular formula is C17H34N2O. The first kappa shape index (κ1) is 17.5. The number of rotatable bonds is 8. The van der Waals surface area contributed by atoms with Gasteiger partial charge in [-0.1, -0.05) is 47.0 Å². The van der Waals surface area contributed by atoms with Crippen LogP contribution in [0.25, 0.3) is 0 Å².